The van der Waals surface area contributed by atoms with E-state index in [0.717, 1.165) is 12.6 Å². The molecule has 16 heavy (non-hydrogen) atoms. The highest BCUT2D eigenvalue weighted by atomic mass is 16.5. The third-order valence-corrected chi connectivity index (χ3v) is 4.17. The molecule has 3 nitrogen and oxygen atoms in total. The summed E-state index contributed by atoms with van der Waals surface area (Å²) in [6.45, 7) is 5.72. The topological polar surface area (TPSA) is 24.5 Å². The van der Waals surface area contributed by atoms with Gasteiger partial charge in [-0.1, -0.05) is 6.92 Å². The van der Waals surface area contributed by atoms with Gasteiger partial charge in [0, 0.05) is 25.2 Å². The summed E-state index contributed by atoms with van der Waals surface area (Å²) >= 11 is 0. The third-order valence-electron chi connectivity index (χ3n) is 4.17. The first kappa shape index (κ1) is 12.3. The van der Waals surface area contributed by atoms with Crippen molar-refractivity contribution in [3.63, 3.8) is 0 Å². The minimum atomic E-state index is 0.508. The molecule has 0 radical (unpaired) electrons. The van der Waals surface area contributed by atoms with Gasteiger partial charge in [-0.15, -0.1) is 0 Å². The smallest absolute Gasteiger partial charge is 0.0587 e. The number of piperidine rings is 1. The fraction of sp³-hybridized carbons (Fsp3) is 1.00. The maximum Gasteiger partial charge on any atom is 0.0587 e. The monoisotopic (exact) mass is 226 g/mol. The molecule has 0 aromatic carbocycles. The molecule has 2 rings (SSSR count). The molecular formula is C13H26N2O. The Hall–Kier alpha value is -0.120. The molecule has 0 spiro atoms. The second-order valence-electron chi connectivity index (χ2n) is 5.20. The van der Waals surface area contributed by atoms with Crippen LogP contribution in [-0.2, 0) is 4.74 Å². The molecule has 0 aromatic heterocycles. The second-order valence-corrected chi connectivity index (χ2v) is 5.20. The van der Waals surface area contributed by atoms with Crippen molar-refractivity contribution in [2.45, 2.75) is 57.2 Å². The highest BCUT2D eigenvalue weighted by molar-refractivity contribution is 4.85. The zero-order chi connectivity index (χ0) is 11.4. The highest BCUT2D eigenvalue weighted by Gasteiger charge is 2.29. The maximum absolute atomic E-state index is 5.76. The molecule has 2 fully saturated rings. The molecule has 1 N–H and O–H groups in total. The van der Waals surface area contributed by atoms with Gasteiger partial charge < -0.3 is 10.1 Å². The molecule has 3 unspecified atom stereocenters. The number of rotatable bonds is 3. The van der Waals surface area contributed by atoms with Gasteiger partial charge in [0.25, 0.3) is 0 Å². The Labute approximate surface area is 99.5 Å². The van der Waals surface area contributed by atoms with Gasteiger partial charge in [-0.2, -0.15) is 0 Å². The Kier molecular flexibility index (Phi) is 4.62. The van der Waals surface area contributed by atoms with Gasteiger partial charge in [0.1, 0.15) is 0 Å². The van der Waals surface area contributed by atoms with E-state index in [0.29, 0.717) is 12.1 Å². The summed E-state index contributed by atoms with van der Waals surface area (Å²) in [5.74, 6) is 0. The SMILES string of the molecule is CCC1CC(N2CCCC(NC)C2)CCO1. The van der Waals surface area contributed by atoms with Crippen molar-refractivity contribution in [2.24, 2.45) is 0 Å². The van der Waals surface area contributed by atoms with E-state index in [1.165, 1.54) is 45.2 Å². The largest absolute Gasteiger partial charge is 0.378 e. The first-order chi connectivity index (χ1) is 7.83. The predicted octanol–water partition coefficient (Wildman–Crippen LogP) is 1.63. The van der Waals surface area contributed by atoms with E-state index >= 15 is 0 Å². The fourth-order valence-electron chi connectivity index (χ4n) is 3.05. The molecular weight excluding hydrogens is 200 g/mol. The van der Waals surface area contributed by atoms with Crippen molar-refractivity contribution < 1.29 is 4.74 Å². The van der Waals surface area contributed by atoms with Crippen LogP contribution in [0.2, 0.25) is 0 Å². The Balaban J connectivity index is 1.85. The molecule has 0 aliphatic carbocycles. The molecule has 3 atom stereocenters. The van der Waals surface area contributed by atoms with Crippen LogP contribution in [0.5, 0.6) is 0 Å². The van der Waals surface area contributed by atoms with Crippen LogP contribution in [0.1, 0.15) is 39.0 Å². The van der Waals surface area contributed by atoms with E-state index in [4.69, 9.17) is 4.74 Å². The highest BCUT2D eigenvalue weighted by Crippen LogP contribution is 2.24. The third kappa shape index (κ3) is 2.96. The van der Waals surface area contributed by atoms with Crippen molar-refractivity contribution in [1.29, 1.82) is 0 Å². The summed E-state index contributed by atoms with van der Waals surface area (Å²) in [7, 11) is 2.09. The minimum absolute atomic E-state index is 0.508. The van der Waals surface area contributed by atoms with Crippen molar-refractivity contribution in [2.75, 3.05) is 26.7 Å². The zero-order valence-corrected chi connectivity index (χ0v) is 10.7. The number of likely N-dealkylation sites (tertiary alicyclic amines) is 1. The summed E-state index contributed by atoms with van der Waals surface area (Å²) in [4.78, 5) is 2.69. The normalized spacial score (nSPS) is 37.5. The molecule has 2 heterocycles. The van der Waals surface area contributed by atoms with Gasteiger partial charge in [-0.3, -0.25) is 4.90 Å². The van der Waals surface area contributed by atoms with Gasteiger partial charge in [0.2, 0.25) is 0 Å². The van der Waals surface area contributed by atoms with Crippen LogP contribution in [-0.4, -0.2) is 49.8 Å². The van der Waals surface area contributed by atoms with Crippen LogP contribution in [0.4, 0.5) is 0 Å². The Morgan fingerprint density at radius 2 is 2.25 bits per heavy atom. The summed E-state index contributed by atoms with van der Waals surface area (Å²) in [5, 5.41) is 3.43. The summed E-state index contributed by atoms with van der Waals surface area (Å²) in [5.41, 5.74) is 0. The van der Waals surface area contributed by atoms with Crippen LogP contribution in [0, 0.1) is 0 Å². The number of nitrogens with zero attached hydrogens (tertiary/aromatic N) is 1. The molecule has 0 aromatic rings. The molecule has 0 amide bonds. The van der Waals surface area contributed by atoms with E-state index in [9.17, 15) is 0 Å². The van der Waals surface area contributed by atoms with Crippen molar-refractivity contribution >= 4 is 0 Å². The second kappa shape index (κ2) is 5.99. The van der Waals surface area contributed by atoms with Gasteiger partial charge in [0.05, 0.1) is 6.10 Å². The standard InChI is InChI=1S/C13H26N2O/c1-3-13-9-12(6-8-16-13)15-7-4-5-11(10-15)14-2/h11-14H,3-10H2,1-2H3. The Morgan fingerprint density at radius 1 is 1.38 bits per heavy atom. The van der Waals surface area contributed by atoms with Crippen LogP contribution < -0.4 is 5.32 Å². The molecule has 3 heteroatoms. The Morgan fingerprint density at radius 3 is 3.00 bits per heavy atom. The fourth-order valence-corrected chi connectivity index (χ4v) is 3.05. The summed E-state index contributed by atoms with van der Waals surface area (Å²) in [6.07, 6.45) is 6.83. The van der Waals surface area contributed by atoms with Crippen LogP contribution in [0.15, 0.2) is 0 Å². The van der Waals surface area contributed by atoms with Crippen molar-refractivity contribution in [3.05, 3.63) is 0 Å². The average molecular weight is 226 g/mol. The molecule has 94 valence electrons. The lowest BCUT2D eigenvalue weighted by Crippen LogP contribution is -2.51. The first-order valence-corrected chi connectivity index (χ1v) is 6.86. The van der Waals surface area contributed by atoms with E-state index in [1.54, 1.807) is 0 Å². The van der Waals surface area contributed by atoms with Crippen molar-refractivity contribution in [3.8, 4) is 0 Å². The van der Waals surface area contributed by atoms with Crippen LogP contribution >= 0.6 is 0 Å². The molecule has 0 saturated carbocycles. The summed E-state index contributed by atoms with van der Waals surface area (Å²) in [6, 6.07) is 1.48. The van der Waals surface area contributed by atoms with Crippen LogP contribution in [0.3, 0.4) is 0 Å². The number of hydrogen-bond donors (Lipinski definition) is 1. The minimum Gasteiger partial charge on any atom is -0.378 e. The zero-order valence-electron chi connectivity index (χ0n) is 10.7. The lowest BCUT2D eigenvalue weighted by atomic mass is 9.96. The van der Waals surface area contributed by atoms with E-state index in [-0.39, 0.29) is 0 Å². The maximum atomic E-state index is 5.76. The Bertz CT molecular complexity index is 188. The van der Waals surface area contributed by atoms with Gasteiger partial charge in [0.15, 0.2) is 0 Å². The lowest BCUT2D eigenvalue weighted by Gasteiger charge is -2.41. The molecule has 2 aliphatic rings. The number of ether oxygens (including phenoxy) is 1. The number of hydrogen-bond acceptors (Lipinski definition) is 3. The molecule has 0 bridgehead atoms. The molecule has 2 aliphatic heterocycles. The first-order valence-electron chi connectivity index (χ1n) is 6.86. The van der Waals surface area contributed by atoms with Crippen molar-refractivity contribution in [1.82, 2.24) is 10.2 Å². The van der Waals surface area contributed by atoms with Gasteiger partial charge >= 0.3 is 0 Å². The summed E-state index contributed by atoms with van der Waals surface area (Å²) < 4.78 is 5.76. The van der Waals surface area contributed by atoms with E-state index in [2.05, 4.69) is 24.2 Å². The van der Waals surface area contributed by atoms with Gasteiger partial charge in [-0.25, -0.2) is 0 Å². The predicted molar refractivity (Wildman–Crippen MR) is 66.7 cm³/mol. The average Bonchev–Trinajstić information content (AvgIpc) is 2.39. The quantitative estimate of drug-likeness (QED) is 0.791. The van der Waals surface area contributed by atoms with Gasteiger partial charge in [-0.05, 0) is 45.7 Å². The number of likely N-dealkylation sites (N-methyl/N-ethyl adjacent to an activating group) is 1. The van der Waals surface area contributed by atoms with Crippen LogP contribution in [0.25, 0.3) is 0 Å². The van der Waals surface area contributed by atoms with E-state index < -0.39 is 0 Å². The van der Waals surface area contributed by atoms with E-state index in [1.807, 2.05) is 0 Å². The lowest BCUT2D eigenvalue weighted by molar-refractivity contribution is -0.0340. The molecule has 2 saturated heterocycles. The number of nitrogens with one attached hydrogen (secondary N) is 1.